The third-order valence-corrected chi connectivity index (χ3v) is 14.6. The summed E-state index contributed by atoms with van der Waals surface area (Å²) in [7, 11) is 0. The number of hydrogen-bond donors (Lipinski definition) is 0. The maximum atomic E-state index is 6.73. The standard InChI is InChI=1S/C63H42N2O/c1-63(2)54-28-13-10-22-46(54)47-33-31-40(37-55(47)63)64(41-32-34-50-49-24-12-15-30-58(49)66-59(50)38-41)62-57(36-35-52-45-21-7-6-19-43(45)44-20-8-9-25-51(44)60(52)62)65-56-29-14-11-23-48(56)53-27-16-26-42(61(53)65)39-17-4-3-5-18-39/h3-38H,1-2H3. The zero-order valence-corrected chi connectivity index (χ0v) is 36.6. The van der Waals surface area contributed by atoms with Gasteiger partial charge in [0.1, 0.15) is 11.2 Å². The molecular weight excluding hydrogens is 801 g/mol. The molecule has 0 saturated carbocycles. The predicted octanol–water partition coefficient (Wildman–Crippen LogP) is 17.6. The lowest BCUT2D eigenvalue weighted by Gasteiger charge is -2.32. The zero-order chi connectivity index (χ0) is 43.7. The fraction of sp³-hybridized carbons (Fsp3) is 0.0476. The lowest BCUT2D eigenvalue weighted by atomic mass is 9.82. The molecule has 0 bridgehead atoms. The van der Waals surface area contributed by atoms with Gasteiger partial charge in [-0.1, -0.05) is 184 Å². The number of para-hydroxylation sites is 3. The topological polar surface area (TPSA) is 21.3 Å². The SMILES string of the molecule is CC1(C)c2ccccc2-c2ccc(N(c3ccc4c(c3)oc3ccccc34)c3c(-n4c5ccccc5c5cccc(-c6ccccc6)c54)ccc4c5ccccc5c5ccccc5c34)cc21. The van der Waals surface area contributed by atoms with Crippen LogP contribution in [0.3, 0.4) is 0 Å². The Morgan fingerprint density at radius 3 is 1.77 bits per heavy atom. The fourth-order valence-corrected chi connectivity index (χ4v) is 11.6. The number of fused-ring (bicyclic) bond motifs is 15. The minimum Gasteiger partial charge on any atom is -0.456 e. The van der Waals surface area contributed by atoms with E-state index in [0.29, 0.717) is 0 Å². The Kier molecular flexibility index (Phi) is 7.74. The minimum absolute atomic E-state index is 0.210. The van der Waals surface area contributed by atoms with Crippen molar-refractivity contribution in [1.29, 1.82) is 0 Å². The highest BCUT2D eigenvalue weighted by Crippen LogP contribution is 2.54. The summed E-state index contributed by atoms with van der Waals surface area (Å²) in [4.78, 5) is 2.54. The van der Waals surface area contributed by atoms with Crippen molar-refractivity contribution in [1.82, 2.24) is 4.57 Å². The van der Waals surface area contributed by atoms with Gasteiger partial charge in [-0.05, 0) is 97.2 Å². The second kappa shape index (κ2) is 13.8. The molecule has 0 radical (unpaired) electrons. The van der Waals surface area contributed by atoms with Crippen LogP contribution in [0, 0.1) is 0 Å². The summed E-state index contributed by atoms with van der Waals surface area (Å²) in [6.07, 6.45) is 0. The largest absolute Gasteiger partial charge is 0.456 e. The summed E-state index contributed by atoms with van der Waals surface area (Å²) in [5, 5.41) is 11.9. The first-order chi connectivity index (χ1) is 32.5. The highest BCUT2D eigenvalue weighted by molar-refractivity contribution is 6.30. The number of furan rings is 1. The van der Waals surface area contributed by atoms with Crippen molar-refractivity contribution in [2.45, 2.75) is 19.3 Å². The lowest BCUT2D eigenvalue weighted by molar-refractivity contribution is 0.660. The van der Waals surface area contributed by atoms with Gasteiger partial charge in [-0.25, -0.2) is 0 Å². The number of aromatic nitrogens is 1. The second-order valence-corrected chi connectivity index (χ2v) is 18.4. The summed E-state index contributed by atoms with van der Waals surface area (Å²) in [5.41, 5.74) is 15.8. The number of nitrogens with zero attached hydrogens (tertiary/aromatic N) is 2. The Balaban J connectivity index is 1.19. The molecule has 0 fully saturated rings. The van der Waals surface area contributed by atoms with E-state index in [2.05, 4.69) is 242 Å². The Labute approximate surface area is 382 Å². The first kappa shape index (κ1) is 37.0. The zero-order valence-electron chi connectivity index (χ0n) is 36.6. The summed E-state index contributed by atoms with van der Waals surface area (Å²) >= 11 is 0. The summed E-state index contributed by atoms with van der Waals surface area (Å²) < 4.78 is 9.28. The van der Waals surface area contributed by atoms with Crippen molar-refractivity contribution < 1.29 is 4.42 Å². The monoisotopic (exact) mass is 842 g/mol. The van der Waals surface area contributed by atoms with Crippen molar-refractivity contribution in [2.75, 3.05) is 4.90 Å². The van der Waals surface area contributed by atoms with Crippen LogP contribution in [0.1, 0.15) is 25.0 Å². The molecule has 0 saturated heterocycles. The highest BCUT2D eigenvalue weighted by Gasteiger charge is 2.36. The average Bonchev–Trinajstić information content (AvgIpc) is 3.99. The quantitative estimate of drug-likeness (QED) is 0.161. The van der Waals surface area contributed by atoms with Crippen LogP contribution in [0.2, 0.25) is 0 Å². The Hall–Kier alpha value is -8.40. The van der Waals surface area contributed by atoms with Gasteiger partial charge >= 0.3 is 0 Å². The van der Waals surface area contributed by atoms with E-state index in [0.717, 1.165) is 50.2 Å². The van der Waals surface area contributed by atoms with Crippen LogP contribution in [0.4, 0.5) is 17.1 Å². The summed E-state index contributed by atoms with van der Waals surface area (Å²) in [5.74, 6) is 0. The molecule has 0 aliphatic heterocycles. The van der Waals surface area contributed by atoms with Crippen LogP contribution in [0.15, 0.2) is 223 Å². The van der Waals surface area contributed by atoms with Gasteiger partial charge < -0.3 is 13.9 Å². The van der Waals surface area contributed by atoms with E-state index < -0.39 is 0 Å². The molecule has 0 atom stereocenters. The van der Waals surface area contributed by atoms with Crippen LogP contribution in [-0.2, 0) is 5.41 Å². The van der Waals surface area contributed by atoms with Crippen molar-refractivity contribution in [3.05, 3.63) is 230 Å². The Bertz CT molecular complexity index is 4120. The highest BCUT2D eigenvalue weighted by atomic mass is 16.3. The molecule has 14 rings (SSSR count). The first-order valence-corrected chi connectivity index (χ1v) is 22.9. The second-order valence-electron chi connectivity index (χ2n) is 18.4. The molecular formula is C63H42N2O. The van der Waals surface area contributed by atoms with Crippen LogP contribution >= 0.6 is 0 Å². The van der Waals surface area contributed by atoms with Crippen molar-refractivity contribution in [3.63, 3.8) is 0 Å². The maximum Gasteiger partial charge on any atom is 0.137 e. The summed E-state index contributed by atoms with van der Waals surface area (Å²) in [6.45, 7) is 4.75. The first-order valence-electron chi connectivity index (χ1n) is 22.9. The lowest BCUT2D eigenvalue weighted by Crippen LogP contribution is -2.17. The fourth-order valence-electron chi connectivity index (χ4n) is 11.6. The number of anilines is 3. The minimum atomic E-state index is -0.210. The predicted molar refractivity (Wildman–Crippen MR) is 278 cm³/mol. The average molecular weight is 843 g/mol. The van der Waals surface area contributed by atoms with Gasteiger partial charge in [0.25, 0.3) is 0 Å². The molecule has 0 amide bonds. The van der Waals surface area contributed by atoms with Crippen molar-refractivity contribution in [2.24, 2.45) is 0 Å². The molecule has 0 spiro atoms. The van der Waals surface area contributed by atoms with E-state index in [1.807, 2.05) is 0 Å². The molecule has 0 unspecified atom stereocenters. The molecule has 66 heavy (non-hydrogen) atoms. The van der Waals surface area contributed by atoms with Gasteiger partial charge in [-0.15, -0.1) is 0 Å². The molecule has 3 heteroatoms. The van der Waals surface area contributed by atoms with Gasteiger partial charge in [0, 0.05) is 55.4 Å². The van der Waals surface area contributed by atoms with Gasteiger partial charge in [-0.2, -0.15) is 0 Å². The molecule has 2 aromatic heterocycles. The Morgan fingerprint density at radius 2 is 0.955 bits per heavy atom. The van der Waals surface area contributed by atoms with E-state index in [-0.39, 0.29) is 5.41 Å². The molecule has 1 aliphatic rings. The van der Waals surface area contributed by atoms with Crippen LogP contribution in [0.5, 0.6) is 0 Å². The van der Waals surface area contributed by atoms with E-state index in [4.69, 9.17) is 4.42 Å². The normalized spacial score (nSPS) is 13.1. The van der Waals surface area contributed by atoms with E-state index in [1.54, 1.807) is 0 Å². The number of benzene rings is 11. The third-order valence-electron chi connectivity index (χ3n) is 14.6. The van der Waals surface area contributed by atoms with Crippen LogP contribution in [-0.4, -0.2) is 4.57 Å². The third kappa shape index (κ3) is 5.14. The van der Waals surface area contributed by atoms with Crippen LogP contribution < -0.4 is 4.90 Å². The van der Waals surface area contributed by atoms with Gasteiger partial charge in [0.05, 0.1) is 22.4 Å². The maximum absolute atomic E-state index is 6.73. The van der Waals surface area contributed by atoms with Gasteiger partial charge in [-0.3, -0.25) is 0 Å². The number of hydrogen-bond acceptors (Lipinski definition) is 2. The number of rotatable bonds is 5. The van der Waals surface area contributed by atoms with E-state index in [9.17, 15) is 0 Å². The molecule has 1 aliphatic carbocycles. The molecule has 310 valence electrons. The van der Waals surface area contributed by atoms with Gasteiger partial charge in [0.15, 0.2) is 0 Å². The summed E-state index contributed by atoms with van der Waals surface area (Å²) in [6, 6.07) is 80.5. The van der Waals surface area contributed by atoms with Crippen molar-refractivity contribution >= 4 is 93.1 Å². The molecule has 11 aromatic carbocycles. The molecule has 13 aromatic rings. The smallest absolute Gasteiger partial charge is 0.137 e. The van der Waals surface area contributed by atoms with E-state index >= 15 is 0 Å². The molecule has 2 heterocycles. The van der Waals surface area contributed by atoms with E-state index in [1.165, 1.54) is 82.0 Å². The van der Waals surface area contributed by atoms with Crippen molar-refractivity contribution in [3.8, 4) is 27.9 Å². The van der Waals surface area contributed by atoms with Gasteiger partial charge in [0.2, 0.25) is 0 Å². The molecule has 3 nitrogen and oxygen atoms in total. The van der Waals surface area contributed by atoms with Crippen LogP contribution in [0.25, 0.3) is 104 Å². The molecule has 0 N–H and O–H groups in total. The Morgan fingerprint density at radius 1 is 0.394 bits per heavy atom.